The molecule has 0 unspecified atom stereocenters. The molecule has 0 aliphatic carbocycles. The summed E-state index contributed by atoms with van der Waals surface area (Å²) in [5.74, 6) is -0.684. The topological polar surface area (TPSA) is 108 Å². The minimum atomic E-state index is -1.07. The molecule has 20 heavy (non-hydrogen) atoms. The van der Waals surface area contributed by atoms with Gasteiger partial charge < -0.3 is 21.2 Å². The maximum Gasteiger partial charge on any atom is 0.239 e. The molecule has 0 aliphatic heterocycles. The average Bonchev–Trinajstić information content (AvgIpc) is 2.38. The molecule has 0 heterocycles. The van der Waals surface area contributed by atoms with Gasteiger partial charge in [-0.05, 0) is 26.7 Å². The second-order valence-electron chi connectivity index (χ2n) is 5.16. The zero-order valence-electron chi connectivity index (χ0n) is 12.9. The predicted molar refractivity (Wildman–Crippen MR) is 77.3 cm³/mol. The van der Waals surface area contributed by atoms with E-state index in [-0.39, 0.29) is 30.2 Å². The molecule has 7 heteroatoms. The lowest BCUT2D eigenvalue weighted by Gasteiger charge is -2.32. The maximum absolute atomic E-state index is 12.5. The molecule has 0 aromatic heterocycles. The van der Waals surface area contributed by atoms with E-state index in [1.165, 1.54) is 11.9 Å². The van der Waals surface area contributed by atoms with Crippen molar-refractivity contribution in [3.8, 4) is 0 Å². The number of hydrogen-bond donors (Lipinski definition) is 3. The Balaban J connectivity index is 5.05. The van der Waals surface area contributed by atoms with Crippen molar-refractivity contribution in [1.82, 2.24) is 10.2 Å². The molecular formula is C13H26N4O3. The lowest BCUT2D eigenvalue weighted by Crippen LogP contribution is -2.52. The molecule has 0 radical (unpaired) electrons. The Kier molecular flexibility index (Phi) is 7.02. The van der Waals surface area contributed by atoms with Crippen LogP contribution in [-0.2, 0) is 9.59 Å². The molecule has 0 fully saturated rings. The number of rotatable bonds is 7. The van der Waals surface area contributed by atoms with Gasteiger partial charge in [-0.15, -0.1) is 0 Å². The van der Waals surface area contributed by atoms with E-state index < -0.39 is 5.41 Å². The zero-order valence-corrected chi connectivity index (χ0v) is 12.9. The van der Waals surface area contributed by atoms with Crippen LogP contribution in [0.5, 0.6) is 0 Å². The van der Waals surface area contributed by atoms with E-state index in [0.717, 1.165) is 0 Å². The van der Waals surface area contributed by atoms with Gasteiger partial charge in [0.05, 0.1) is 6.54 Å². The van der Waals surface area contributed by atoms with Gasteiger partial charge in [-0.3, -0.25) is 9.59 Å². The van der Waals surface area contributed by atoms with E-state index in [1.54, 1.807) is 13.8 Å². The zero-order chi connectivity index (χ0) is 15.9. The van der Waals surface area contributed by atoms with Crippen molar-refractivity contribution in [3.05, 3.63) is 0 Å². The first-order valence-corrected chi connectivity index (χ1v) is 6.78. The maximum atomic E-state index is 12.5. The van der Waals surface area contributed by atoms with Crippen LogP contribution in [0, 0.1) is 5.41 Å². The summed E-state index contributed by atoms with van der Waals surface area (Å²) in [4.78, 5) is 25.5. The van der Waals surface area contributed by atoms with E-state index in [4.69, 9.17) is 10.9 Å². The Labute approximate surface area is 120 Å². The first-order valence-electron chi connectivity index (χ1n) is 6.78. The highest BCUT2D eigenvalue weighted by molar-refractivity contribution is 6.07. The summed E-state index contributed by atoms with van der Waals surface area (Å²) in [7, 11) is 1.53. The van der Waals surface area contributed by atoms with Gasteiger partial charge in [-0.25, -0.2) is 0 Å². The molecule has 7 nitrogen and oxygen atoms in total. The number of nitrogens with one attached hydrogen (secondary N) is 1. The molecule has 0 atom stereocenters. The molecule has 4 N–H and O–H groups in total. The van der Waals surface area contributed by atoms with Gasteiger partial charge in [0.2, 0.25) is 11.8 Å². The monoisotopic (exact) mass is 286 g/mol. The third-order valence-corrected chi connectivity index (χ3v) is 3.39. The number of carbonyl (C=O) groups excluding carboxylic acids is 2. The van der Waals surface area contributed by atoms with Crippen molar-refractivity contribution in [2.75, 3.05) is 13.6 Å². The van der Waals surface area contributed by atoms with Crippen LogP contribution in [-0.4, -0.2) is 47.4 Å². The molecule has 0 aromatic carbocycles. The highest BCUT2D eigenvalue weighted by Crippen LogP contribution is 2.29. The number of amides is 2. The Morgan fingerprint density at radius 1 is 1.35 bits per heavy atom. The summed E-state index contributed by atoms with van der Waals surface area (Å²) in [5, 5.41) is 14.6. The van der Waals surface area contributed by atoms with Gasteiger partial charge in [0, 0.05) is 13.1 Å². The van der Waals surface area contributed by atoms with Crippen LogP contribution in [0.1, 0.15) is 40.5 Å². The SMILES string of the molecule is CCC(CC)(C(=O)N(C)CC(=O)NC(C)C)C(N)=NO. The van der Waals surface area contributed by atoms with Crippen molar-refractivity contribution < 1.29 is 14.8 Å². The van der Waals surface area contributed by atoms with E-state index in [9.17, 15) is 9.59 Å². The summed E-state index contributed by atoms with van der Waals surface area (Å²) in [6, 6.07) is 0.0113. The lowest BCUT2D eigenvalue weighted by molar-refractivity contribution is -0.140. The molecular weight excluding hydrogens is 260 g/mol. The third kappa shape index (κ3) is 4.11. The van der Waals surface area contributed by atoms with Gasteiger partial charge in [0.15, 0.2) is 5.84 Å². The van der Waals surface area contributed by atoms with Crippen LogP contribution in [0.3, 0.4) is 0 Å². The van der Waals surface area contributed by atoms with Crippen molar-refractivity contribution in [2.45, 2.75) is 46.6 Å². The normalized spacial score (nSPS) is 12.4. The summed E-state index contributed by atoms with van der Waals surface area (Å²) in [6.45, 7) is 7.22. The number of hydrogen-bond acceptors (Lipinski definition) is 4. The fourth-order valence-corrected chi connectivity index (χ4v) is 2.14. The largest absolute Gasteiger partial charge is 0.409 e. The quantitative estimate of drug-likeness (QED) is 0.274. The van der Waals surface area contributed by atoms with Crippen LogP contribution in [0.4, 0.5) is 0 Å². The van der Waals surface area contributed by atoms with E-state index in [1.807, 2.05) is 13.8 Å². The highest BCUT2D eigenvalue weighted by Gasteiger charge is 2.41. The van der Waals surface area contributed by atoms with Crippen molar-refractivity contribution >= 4 is 17.6 Å². The van der Waals surface area contributed by atoms with Crippen LogP contribution in [0.25, 0.3) is 0 Å². The van der Waals surface area contributed by atoms with Gasteiger partial charge in [0.1, 0.15) is 5.41 Å². The van der Waals surface area contributed by atoms with Crippen LogP contribution in [0.2, 0.25) is 0 Å². The first kappa shape index (κ1) is 18.2. The molecule has 0 aliphatic rings. The molecule has 2 amide bonds. The number of oxime groups is 1. The highest BCUT2D eigenvalue weighted by atomic mass is 16.4. The summed E-state index contributed by atoms with van der Waals surface area (Å²) < 4.78 is 0. The molecule has 0 bridgehead atoms. The molecule has 0 aromatic rings. The summed E-state index contributed by atoms with van der Waals surface area (Å²) in [5.41, 5.74) is 4.61. The number of likely N-dealkylation sites (N-methyl/N-ethyl adjacent to an activating group) is 1. The Bertz CT molecular complexity index is 376. The fourth-order valence-electron chi connectivity index (χ4n) is 2.14. The second kappa shape index (κ2) is 7.72. The number of amidine groups is 1. The Morgan fingerprint density at radius 3 is 2.20 bits per heavy atom. The van der Waals surface area contributed by atoms with Crippen molar-refractivity contribution in [1.29, 1.82) is 0 Å². The minimum absolute atomic E-state index is 0.0113. The van der Waals surface area contributed by atoms with Crippen LogP contribution in [0.15, 0.2) is 5.16 Å². The standard InChI is InChI=1S/C13H26N4O3/c1-6-13(7-2,11(14)16-20)12(19)17(5)8-10(18)15-9(3)4/h9,20H,6-8H2,1-5H3,(H2,14,16)(H,15,18). The third-order valence-electron chi connectivity index (χ3n) is 3.39. The van der Waals surface area contributed by atoms with Gasteiger partial charge in [0.25, 0.3) is 0 Å². The van der Waals surface area contributed by atoms with Gasteiger partial charge in [-0.2, -0.15) is 0 Å². The van der Waals surface area contributed by atoms with E-state index in [0.29, 0.717) is 12.8 Å². The van der Waals surface area contributed by atoms with Crippen LogP contribution >= 0.6 is 0 Å². The smallest absolute Gasteiger partial charge is 0.239 e. The molecule has 116 valence electrons. The molecule has 0 spiro atoms. The van der Waals surface area contributed by atoms with E-state index in [2.05, 4.69) is 10.5 Å². The van der Waals surface area contributed by atoms with Gasteiger partial charge >= 0.3 is 0 Å². The first-order chi connectivity index (χ1) is 9.24. The summed E-state index contributed by atoms with van der Waals surface area (Å²) in [6.07, 6.45) is 0.794. The Morgan fingerprint density at radius 2 is 1.85 bits per heavy atom. The van der Waals surface area contributed by atoms with Crippen molar-refractivity contribution in [2.24, 2.45) is 16.3 Å². The second-order valence-corrected chi connectivity index (χ2v) is 5.16. The van der Waals surface area contributed by atoms with Gasteiger partial charge in [-0.1, -0.05) is 19.0 Å². The van der Waals surface area contributed by atoms with Crippen LogP contribution < -0.4 is 11.1 Å². The number of carbonyl (C=O) groups is 2. The number of nitrogens with zero attached hydrogens (tertiary/aromatic N) is 2. The predicted octanol–water partition coefficient (Wildman–Crippen LogP) is 0.522. The number of nitrogens with two attached hydrogens (primary N) is 1. The molecule has 0 saturated carbocycles. The Hall–Kier alpha value is -1.79. The molecule has 0 rings (SSSR count). The summed E-state index contributed by atoms with van der Waals surface area (Å²) >= 11 is 0. The van der Waals surface area contributed by atoms with Crippen molar-refractivity contribution in [3.63, 3.8) is 0 Å². The average molecular weight is 286 g/mol. The molecule has 0 saturated heterocycles. The van der Waals surface area contributed by atoms with E-state index >= 15 is 0 Å². The minimum Gasteiger partial charge on any atom is -0.409 e. The fraction of sp³-hybridized carbons (Fsp3) is 0.769. The lowest BCUT2D eigenvalue weighted by atomic mass is 9.79.